The first kappa shape index (κ1) is 24.3. The number of anilines is 3. The maximum atomic E-state index is 13.2. The van der Waals surface area contributed by atoms with Crippen LogP contribution in [0.25, 0.3) is 16.9 Å². The molecule has 10 nitrogen and oxygen atoms in total. The Morgan fingerprint density at radius 2 is 1.92 bits per heavy atom. The van der Waals surface area contributed by atoms with Gasteiger partial charge in [0.2, 0.25) is 5.95 Å². The fraction of sp³-hybridized carbons (Fsp3) is 0.357. The van der Waals surface area contributed by atoms with E-state index in [4.69, 9.17) is 4.98 Å². The third kappa shape index (κ3) is 4.15. The summed E-state index contributed by atoms with van der Waals surface area (Å²) in [6.07, 6.45) is 4.41. The van der Waals surface area contributed by atoms with Crippen molar-refractivity contribution < 1.29 is 5.11 Å². The lowest BCUT2D eigenvalue weighted by molar-refractivity contribution is 0.0738. The number of piperazine rings is 1. The van der Waals surface area contributed by atoms with E-state index in [-0.39, 0.29) is 12.1 Å². The van der Waals surface area contributed by atoms with Crippen LogP contribution in [0.3, 0.4) is 0 Å². The minimum absolute atomic E-state index is 0.239. The van der Waals surface area contributed by atoms with Gasteiger partial charge in [0.1, 0.15) is 11.0 Å². The second kappa shape index (κ2) is 9.07. The Hall–Kier alpha value is -4.02. The monoisotopic (exact) mass is 512 g/mol. The van der Waals surface area contributed by atoms with E-state index in [1.165, 1.54) is 23.0 Å². The number of likely N-dealkylation sites (N-methyl/N-ethyl adjacent to an activating group) is 1. The summed E-state index contributed by atoms with van der Waals surface area (Å²) in [6.45, 7) is 9.58. The number of aromatic nitrogens is 5. The van der Waals surface area contributed by atoms with Gasteiger partial charge in [-0.25, -0.2) is 19.3 Å². The van der Waals surface area contributed by atoms with Gasteiger partial charge >= 0.3 is 0 Å². The molecule has 196 valence electrons. The molecule has 3 aromatic heterocycles. The largest absolute Gasteiger partial charge is 0.384 e. The molecule has 0 amide bonds. The lowest BCUT2D eigenvalue weighted by Crippen LogP contribution is -2.44. The summed E-state index contributed by atoms with van der Waals surface area (Å²) in [7, 11) is 2.21. The minimum atomic E-state index is -1.14. The average molecular weight is 513 g/mol. The molecule has 2 fully saturated rings. The second-order valence-corrected chi connectivity index (χ2v) is 10.7. The molecule has 1 aromatic carbocycles. The van der Waals surface area contributed by atoms with Crippen LogP contribution in [0.15, 0.2) is 66.1 Å². The number of rotatable bonds is 7. The first-order valence-corrected chi connectivity index (χ1v) is 12.9. The quantitative estimate of drug-likeness (QED) is 0.364. The third-order valence-corrected chi connectivity index (χ3v) is 7.53. The molecule has 2 aliphatic heterocycles. The molecular formula is C28H32N8O2. The maximum Gasteiger partial charge on any atom is 0.278 e. The van der Waals surface area contributed by atoms with Crippen LogP contribution in [0.4, 0.5) is 17.3 Å². The highest BCUT2D eigenvalue weighted by molar-refractivity contribution is 5.77. The molecule has 38 heavy (non-hydrogen) atoms. The SMILES string of the molecule is C=CCn1c(=O)c2cnc(Nc3ccc(N4C[C@H]5C[C@@H]4CN5C)cc3)nc2n1-c1cccc(C(C)(C)O)n1. The molecule has 0 aliphatic carbocycles. The van der Waals surface area contributed by atoms with Crippen LogP contribution in [0.2, 0.25) is 0 Å². The van der Waals surface area contributed by atoms with Gasteiger partial charge in [-0.15, -0.1) is 6.58 Å². The van der Waals surface area contributed by atoms with Crippen LogP contribution < -0.4 is 15.8 Å². The summed E-state index contributed by atoms with van der Waals surface area (Å²) in [5.74, 6) is 0.841. The van der Waals surface area contributed by atoms with E-state index in [9.17, 15) is 9.90 Å². The number of aliphatic hydroxyl groups is 1. The van der Waals surface area contributed by atoms with E-state index in [0.29, 0.717) is 40.6 Å². The molecular weight excluding hydrogens is 480 g/mol. The Balaban J connectivity index is 1.34. The van der Waals surface area contributed by atoms with E-state index in [2.05, 4.69) is 50.8 Å². The van der Waals surface area contributed by atoms with E-state index >= 15 is 0 Å². The molecule has 2 saturated heterocycles. The van der Waals surface area contributed by atoms with Crippen LogP contribution in [0.1, 0.15) is 26.0 Å². The number of allylic oxidation sites excluding steroid dienone is 1. The molecule has 5 heterocycles. The van der Waals surface area contributed by atoms with E-state index < -0.39 is 5.60 Å². The van der Waals surface area contributed by atoms with E-state index in [1.807, 2.05) is 12.1 Å². The van der Waals surface area contributed by atoms with Gasteiger partial charge in [-0.1, -0.05) is 12.1 Å². The highest BCUT2D eigenvalue weighted by Crippen LogP contribution is 2.34. The fourth-order valence-electron chi connectivity index (χ4n) is 5.54. The van der Waals surface area contributed by atoms with Gasteiger partial charge in [-0.3, -0.25) is 9.69 Å². The van der Waals surface area contributed by atoms with Gasteiger partial charge in [0.05, 0.1) is 12.2 Å². The van der Waals surface area contributed by atoms with Crippen molar-refractivity contribution >= 4 is 28.4 Å². The lowest BCUT2D eigenvalue weighted by Gasteiger charge is -2.33. The van der Waals surface area contributed by atoms with Crippen molar-refractivity contribution in [1.29, 1.82) is 0 Å². The molecule has 2 atom stereocenters. The van der Waals surface area contributed by atoms with Crippen molar-refractivity contribution in [2.75, 3.05) is 30.4 Å². The molecule has 4 aromatic rings. The van der Waals surface area contributed by atoms with Gasteiger partial charge < -0.3 is 15.3 Å². The zero-order chi connectivity index (χ0) is 26.6. The van der Waals surface area contributed by atoms with Crippen molar-refractivity contribution in [2.45, 2.75) is 44.5 Å². The minimum Gasteiger partial charge on any atom is -0.384 e. The normalized spacial score (nSPS) is 19.4. The molecule has 2 N–H and O–H groups in total. The van der Waals surface area contributed by atoms with Crippen LogP contribution >= 0.6 is 0 Å². The Bertz CT molecular complexity index is 1560. The van der Waals surface area contributed by atoms with Gasteiger partial charge in [-0.05, 0) is 63.7 Å². The summed E-state index contributed by atoms with van der Waals surface area (Å²) in [5.41, 5.74) is 1.61. The molecule has 0 unspecified atom stereocenters. The predicted molar refractivity (Wildman–Crippen MR) is 148 cm³/mol. The summed E-state index contributed by atoms with van der Waals surface area (Å²) in [5, 5.41) is 14.1. The lowest BCUT2D eigenvalue weighted by atomic mass is 10.1. The number of fused-ring (bicyclic) bond motifs is 3. The summed E-state index contributed by atoms with van der Waals surface area (Å²) >= 11 is 0. The van der Waals surface area contributed by atoms with Gasteiger partial charge in [-0.2, -0.15) is 4.98 Å². The van der Waals surface area contributed by atoms with Crippen molar-refractivity contribution in [2.24, 2.45) is 0 Å². The van der Waals surface area contributed by atoms with Crippen molar-refractivity contribution in [1.82, 2.24) is 29.2 Å². The molecule has 10 heteroatoms. The Morgan fingerprint density at radius 1 is 1.13 bits per heavy atom. The Kier molecular flexibility index (Phi) is 5.81. The van der Waals surface area contributed by atoms with E-state index in [0.717, 1.165) is 18.8 Å². The zero-order valence-electron chi connectivity index (χ0n) is 21.9. The first-order valence-electron chi connectivity index (χ1n) is 12.9. The summed E-state index contributed by atoms with van der Waals surface area (Å²) in [6, 6.07) is 14.9. The van der Waals surface area contributed by atoms with Gasteiger partial charge in [0.15, 0.2) is 11.5 Å². The molecule has 0 saturated carbocycles. The highest BCUT2D eigenvalue weighted by Gasteiger charge is 2.41. The number of hydrogen-bond donors (Lipinski definition) is 2. The van der Waals surface area contributed by atoms with Crippen LogP contribution in [-0.4, -0.2) is 66.5 Å². The molecule has 2 aliphatic rings. The Labute approximate surface area is 220 Å². The molecule has 6 rings (SSSR count). The zero-order valence-corrected chi connectivity index (χ0v) is 21.9. The van der Waals surface area contributed by atoms with Crippen molar-refractivity contribution in [3.63, 3.8) is 0 Å². The summed E-state index contributed by atoms with van der Waals surface area (Å²) in [4.78, 5) is 31.9. The number of nitrogens with one attached hydrogen (secondary N) is 1. The maximum absolute atomic E-state index is 13.2. The standard InChI is InChI=1S/C28H32N8O2/c1-5-13-35-26(37)22-15-29-27(32-25(22)36(35)24-8-6-7-23(31-24)28(2,3)38)30-18-9-11-19(12-10-18)34-17-20-14-21(34)16-33(20)4/h5-12,15,20-21,38H,1,13-14,16-17H2,2-4H3,(H,29,30,32)/t20-,21-/m1/s1. The number of nitrogens with zero attached hydrogens (tertiary/aromatic N) is 7. The Morgan fingerprint density at radius 3 is 2.58 bits per heavy atom. The van der Waals surface area contributed by atoms with Gasteiger partial charge in [0.25, 0.3) is 5.56 Å². The smallest absolute Gasteiger partial charge is 0.278 e. The number of hydrogen-bond acceptors (Lipinski definition) is 8. The topological polar surface area (TPSA) is 104 Å². The average Bonchev–Trinajstić information content (AvgIpc) is 3.55. The second-order valence-electron chi connectivity index (χ2n) is 10.7. The summed E-state index contributed by atoms with van der Waals surface area (Å²) < 4.78 is 3.17. The first-order chi connectivity index (χ1) is 18.2. The van der Waals surface area contributed by atoms with Crippen LogP contribution in [0.5, 0.6) is 0 Å². The fourth-order valence-corrected chi connectivity index (χ4v) is 5.54. The number of likely N-dealkylation sites (tertiary alicyclic amines) is 1. The van der Waals surface area contributed by atoms with Crippen LogP contribution in [0, 0.1) is 0 Å². The molecule has 2 bridgehead atoms. The van der Waals surface area contributed by atoms with Gasteiger partial charge in [0, 0.05) is 42.7 Å². The number of pyridine rings is 1. The van der Waals surface area contributed by atoms with Crippen molar-refractivity contribution in [3.05, 3.63) is 77.4 Å². The van der Waals surface area contributed by atoms with Crippen molar-refractivity contribution in [3.8, 4) is 5.82 Å². The molecule has 0 radical (unpaired) electrons. The molecule has 0 spiro atoms. The van der Waals surface area contributed by atoms with Crippen LogP contribution in [-0.2, 0) is 12.1 Å². The predicted octanol–water partition coefficient (Wildman–Crippen LogP) is 3.03. The van der Waals surface area contributed by atoms with E-state index in [1.54, 1.807) is 42.8 Å². The number of benzene rings is 1. The third-order valence-electron chi connectivity index (χ3n) is 7.53. The highest BCUT2D eigenvalue weighted by atomic mass is 16.3.